The highest BCUT2D eigenvalue weighted by atomic mass is 32.1. The second-order valence-electron chi connectivity index (χ2n) is 6.11. The van der Waals surface area contributed by atoms with Gasteiger partial charge >= 0.3 is 0 Å². The molecule has 6 heteroatoms. The van der Waals surface area contributed by atoms with Crippen LogP contribution < -0.4 is 5.32 Å². The summed E-state index contributed by atoms with van der Waals surface area (Å²) in [7, 11) is 0. The van der Waals surface area contributed by atoms with Crippen LogP contribution in [0.1, 0.15) is 38.5 Å². The third-order valence-corrected chi connectivity index (χ3v) is 5.14. The van der Waals surface area contributed by atoms with E-state index in [0.29, 0.717) is 13.1 Å². The van der Waals surface area contributed by atoms with Gasteiger partial charge in [-0.05, 0) is 30.2 Å². The van der Waals surface area contributed by atoms with Gasteiger partial charge in [0.2, 0.25) is 5.91 Å². The van der Waals surface area contributed by atoms with Crippen molar-refractivity contribution in [3.63, 3.8) is 0 Å². The summed E-state index contributed by atoms with van der Waals surface area (Å²) in [6, 6.07) is 11.7. The molecule has 0 aliphatic heterocycles. The number of hydrogen-bond acceptors (Lipinski definition) is 4. The van der Waals surface area contributed by atoms with Gasteiger partial charge in [-0.25, -0.2) is 4.98 Å². The molecule has 0 unspecified atom stereocenters. The number of carbonyl (C=O) groups excluding carboxylic acids is 2. The van der Waals surface area contributed by atoms with Crippen LogP contribution in [0, 0.1) is 6.92 Å². The maximum Gasteiger partial charge on any atom is 0.220 e. The van der Waals surface area contributed by atoms with Crippen LogP contribution >= 0.6 is 11.3 Å². The standard InChI is InChI=1S/C20H21N3O2S/c1-15-6-8-19(26-15)18(24)7-9-20(25)22-12-16-4-2-3-5-17(16)13-23-11-10-21-14-23/h2-6,8,10-11,14H,7,9,12-13H2,1H3,(H,22,25). The van der Waals surface area contributed by atoms with Crippen molar-refractivity contribution in [2.24, 2.45) is 0 Å². The fourth-order valence-electron chi connectivity index (χ4n) is 2.68. The highest BCUT2D eigenvalue weighted by Gasteiger charge is 2.11. The minimum atomic E-state index is -0.107. The number of benzene rings is 1. The van der Waals surface area contributed by atoms with E-state index in [1.165, 1.54) is 11.3 Å². The fourth-order valence-corrected chi connectivity index (χ4v) is 3.51. The topological polar surface area (TPSA) is 64.0 Å². The summed E-state index contributed by atoms with van der Waals surface area (Å²) < 4.78 is 1.99. The Morgan fingerprint density at radius 1 is 1.12 bits per heavy atom. The van der Waals surface area contributed by atoms with Gasteiger partial charge in [-0.3, -0.25) is 9.59 Å². The molecule has 0 spiro atoms. The maximum atomic E-state index is 12.1. The van der Waals surface area contributed by atoms with Crippen LogP contribution in [0.2, 0.25) is 0 Å². The lowest BCUT2D eigenvalue weighted by Gasteiger charge is -2.11. The molecule has 0 bridgehead atoms. The van der Waals surface area contributed by atoms with E-state index in [2.05, 4.69) is 10.3 Å². The van der Waals surface area contributed by atoms with Crippen LogP contribution in [0.4, 0.5) is 0 Å². The third kappa shape index (κ3) is 4.89. The van der Waals surface area contributed by atoms with Crippen LogP contribution in [0.3, 0.4) is 0 Å². The average Bonchev–Trinajstić information content (AvgIpc) is 3.30. The van der Waals surface area contributed by atoms with E-state index < -0.39 is 0 Å². The normalized spacial score (nSPS) is 10.7. The van der Waals surface area contributed by atoms with Gasteiger partial charge in [0, 0.05) is 43.2 Å². The molecule has 0 saturated heterocycles. The first-order chi connectivity index (χ1) is 12.6. The smallest absolute Gasteiger partial charge is 0.220 e. The average molecular weight is 367 g/mol. The van der Waals surface area contributed by atoms with Crippen molar-refractivity contribution < 1.29 is 9.59 Å². The number of aryl methyl sites for hydroxylation is 1. The van der Waals surface area contributed by atoms with Crippen LogP contribution in [0.15, 0.2) is 55.1 Å². The van der Waals surface area contributed by atoms with E-state index in [4.69, 9.17) is 0 Å². The van der Waals surface area contributed by atoms with E-state index in [0.717, 1.165) is 20.9 Å². The molecule has 3 aromatic rings. The van der Waals surface area contributed by atoms with Crippen LogP contribution in [0.5, 0.6) is 0 Å². The van der Waals surface area contributed by atoms with E-state index >= 15 is 0 Å². The van der Waals surface area contributed by atoms with Gasteiger partial charge in [0.15, 0.2) is 5.78 Å². The van der Waals surface area contributed by atoms with Crippen LogP contribution in [0.25, 0.3) is 0 Å². The number of nitrogens with zero attached hydrogens (tertiary/aromatic N) is 2. The lowest BCUT2D eigenvalue weighted by Crippen LogP contribution is -2.24. The molecule has 134 valence electrons. The highest BCUT2D eigenvalue weighted by molar-refractivity contribution is 7.14. The summed E-state index contributed by atoms with van der Waals surface area (Å²) in [6.45, 7) is 3.13. The number of imidazole rings is 1. The number of aromatic nitrogens is 2. The van der Waals surface area contributed by atoms with Crippen molar-refractivity contribution in [3.05, 3.63) is 76.0 Å². The minimum Gasteiger partial charge on any atom is -0.352 e. The number of thiophene rings is 1. The number of amides is 1. The molecule has 3 rings (SSSR count). The molecule has 0 aliphatic rings. The Kier molecular flexibility index (Phi) is 5.96. The summed E-state index contributed by atoms with van der Waals surface area (Å²) >= 11 is 1.47. The predicted octanol–water partition coefficient (Wildman–Crippen LogP) is 3.58. The predicted molar refractivity (Wildman–Crippen MR) is 102 cm³/mol. The van der Waals surface area contributed by atoms with Crippen molar-refractivity contribution >= 4 is 23.0 Å². The lowest BCUT2D eigenvalue weighted by atomic mass is 10.1. The minimum absolute atomic E-state index is 0.0266. The molecular formula is C20H21N3O2S. The van der Waals surface area contributed by atoms with Gasteiger partial charge in [-0.2, -0.15) is 0 Å². The van der Waals surface area contributed by atoms with Gasteiger partial charge in [-0.1, -0.05) is 24.3 Å². The zero-order chi connectivity index (χ0) is 18.4. The first kappa shape index (κ1) is 18.1. The van der Waals surface area contributed by atoms with Crippen molar-refractivity contribution in [1.82, 2.24) is 14.9 Å². The van der Waals surface area contributed by atoms with Crippen molar-refractivity contribution in [2.75, 3.05) is 0 Å². The van der Waals surface area contributed by atoms with Crippen LogP contribution in [-0.2, 0) is 17.9 Å². The SMILES string of the molecule is Cc1ccc(C(=O)CCC(=O)NCc2ccccc2Cn2ccnc2)s1. The number of Topliss-reactive ketones (excluding diaryl/α,β-unsaturated/α-hetero) is 1. The lowest BCUT2D eigenvalue weighted by molar-refractivity contribution is -0.121. The molecule has 0 radical (unpaired) electrons. The second kappa shape index (κ2) is 8.58. The Morgan fingerprint density at radius 3 is 2.62 bits per heavy atom. The van der Waals surface area contributed by atoms with Gasteiger partial charge in [0.1, 0.15) is 0 Å². The summed E-state index contributed by atoms with van der Waals surface area (Å²) in [5.74, 6) is -0.0807. The number of carbonyl (C=O) groups is 2. The number of hydrogen-bond donors (Lipinski definition) is 1. The number of rotatable bonds is 8. The second-order valence-corrected chi connectivity index (χ2v) is 7.40. The van der Waals surface area contributed by atoms with E-state index in [9.17, 15) is 9.59 Å². The zero-order valence-electron chi connectivity index (χ0n) is 14.6. The molecule has 5 nitrogen and oxygen atoms in total. The van der Waals surface area contributed by atoms with Crippen molar-refractivity contribution in [3.8, 4) is 0 Å². The Bertz CT molecular complexity index is 884. The van der Waals surface area contributed by atoms with Crippen molar-refractivity contribution in [1.29, 1.82) is 0 Å². The summed E-state index contributed by atoms with van der Waals surface area (Å²) in [5.41, 5.74) is 2.20. The monoisotopic (exact) mass is 367 g/mol. The van der Waals surface area contributed by atoms with Crippen LogP contribution in [-0.4, -0.2) is 21.2 Å². The molecule has 0 atom stereocenters. The molecule has 2 aromatic heterocycles. The number of nitrogens with one attached hydrogen (secondary N) is 1. The van der Waals surface area contributed by atoms with Gasteiger partial charge in [-0.15, -0.1) is 11.3 Å². The summed E-state index contributed by atoms with van der Waals surface area (Å²) in [4.78, 5) is 30.1. The van der Waals surface area contributed by atoms with Gasteiger partial charge in [0.05, 0.1) is 11.2 Å². The summed E-state index contributed by atoms with van der Waals surface area (Å²) in [6.07, 6.45) is 5.87. The number of ketones is 1. The van der Waals surface area contributed by atoms with Crippen molar-refractivity contribution in [2.45, 2.75) is 32.9 Å². The van der Waals surface area contributed by atoms with E-state index in [1.807, 2.05) is 54.1 Å². The molecule has 1 N–H and O–H groups in total. The third-order valence-electron chi connectivity index (χ3n) is 4.10. The molecule has 26 heavy (non-hydrogen) atoms. The maximum absolute atomic E-state index is 12.1. The quantitative estimate of drug-likeness (QED) is 0.619. The first-order valence-electron chi connectivity index (χ1n) is 8.50. The fraction of sp³-hybridized carbons (Fsp3) is 0.250. The van der Waals surface area contributed by atoms with E-state index in [-0.39, 0.29) is 24.5 Å². The highest BCUT2D eigenvalue weighted by Crippen LogP contribution is 2.17. The Balaban J connectivity index is 1.51. The Morgan fingerprint density at radius 2 is 1.92 bits per heavy atom. The molecule has 1 amide bonds. The van der Waals surface area contributed by atoms with Gasteiger partial charge in [0.25, 0.3) is 0 Å². The molecule has 1 aromatic carbocycles. The Hall–Kier alpha value is -2.73. The summed E-state index contributed by atoms with van der Waals surface area (Å²) in [5, 5.41) is 2.92. The molecule has 0 fully saturated rings. The van der Waals surface area contributed by atoms with E-state index in [1.54, 1.807) is 12.5 Å². The molecule has 0 aliphatic carbocycles. The first-order valence-corrected chi connectivity index (χ1v) is 9.32. The Labute approximate surface area is 156 Å². The van der Waals surface area contributed by atoms with Gasteiger partial charge < -0.3 is 9.88 Å². The largest absolute Gasteiger partial charge is 0.352 e. The molecule has 0 saturated carbocycles. The zero-order valence-corrected chi connectivity index (χ0v) is 15.5. The molecular weight excluding hydrogens is 346 g/mol. The molecule has 2 heterocycles.